The zero-order valence-electron chi connectivity index (χ0n) is 12.3. The highest BCUT2D eigenvalue weighted by Crippen LogP contribution is 2.17. The van der Waals surface area contributed by atoms with Crippen LogP contribution in [0.15, 0.2) is 0 Å². The molecule has 0 aromatic rings. The topological polar surface area (TPSA) is 78.9 Å². The highest BCUT2D eigenvalue weighted by atomic mass is 16.5. The van der Waals surface area contributed by atoms with E-state index in [0.717, 1.165) is 32.1 Å². The summed E-state index contributed by atoms with van der Waals surface area (Å²) in [5, 5.41) is 11.9. The molecule has 1 aliphatic heterocycles. The number of ether oxygens (including phenoxy) is 1. The number of likely N-dealkylation sites (tertiary alicyclic amines) is 1. The molecule has 0 spiro atoms. The van der Waals surface area contributed by atoms with Gasteiger partial charge in [-0.3, -0.25) is 0 Å². The van der Waals surface area contributed by atoms with Crippen LogP contribution in [-0.2, 0) is 9.53 Å². The lowest BCUT2D eigenvalue weighted by Crippen LogP contribution is -2.49. The fourth-order valence-corrected chi connectivity index (χ4v) is 2.29. The Morgan fingerprint density at radius 2 is 2.10 bits per heavy atom. The summed E-state index contributed by atoms with van der Waals surface area (Å²) in [5.41, 5.74) is 0. The number of nitrogens with one attached hydrogen (secondary N) is 1. The molecule has 1 rings (SSSR count). The molecule has 1 unspecified atom stereocenters. The molecule has 20 heavy (non-hydrogen) atoms. The van der Waals surface area contributed by atoms with Crippen molar-refractivity contribution >= 4 is 12.0 Å². The SMILES string of the molecule is CCCCOCCNC(=O)N1CCCCCC1C(=O)O. The van der Waals surface area contributed by atoms with Crippen LogP contribution in [0.3, 0.4) is 0 Å². The lowest BCUT2D eigenvalue weighted by atomic mass is 10.1. The average molecular weight is 286 g/mol. The molecular weight excluding hydrogens is 260 g/mol. The van der Waals surface area contributed by atoms with Crippen molar-refractivity contribution in [2.75, 3.05) is 26.3 Å². The molecule has 1 fully saturated rings. The van der Waals surface area contributed by atoms with E-state index in [1.54, 1.807) is 0 Å². The second-order valence-electron chi connectivity index (χ2n) is 5.09. The van der Waals surface area contributed by atoms with Crippen molar-refractivity contribution in [1.82, 2.24) is 10.2 Å². The Morgan fingerprint density at radius 1 is 1.30 bits per heavy atom. The van der Waals surface area contributed by atoms with Crippen molar-refractivity contribution in [2.45, 2.75) is 51.5 Å². The Balaban J connectivity index is 2.33. The quantitative estimate of drug-likeness (QED) is 0.700. The van der Waals surface area contributed by atoms with E-state index in [1.165, 1.54) is 4.90 Å². The van der Waals surface area contributed by atoms with Gasteiger partial charge in [0.1, 0.15) is 6.04 Å². The van der Waals surface area contributed by atoms with Gasteiger partial charge in [0.25, 0.3) is 0 Å². The van der Waals surface area contributed by atoms with E-state index >= 15 is 0 Å². The minimum absolute atomic E-state index is 0.293. The first-order valence-electron chi connectivity index (χ1n) is 7.51. The van der Waals surface area contributed by atoms with Gasteiger partial charge < -0.3 is 20.1 Å². The highest BCUT2D eigenvalue weighted by molar-refractivity contribution is 5.82. The summed E-state index contributed by atoms with van der Waals surface area (Å²) in [7, 11) is 0. The van der Waals surface area contributed by atoms with E-state index in [0.29, 0.717) is 32.7 Å². The zero-order chi connectivity index (χ0) is 14.8. The first-order chi connectivity index (χ1) is 9.66. The van der Waals surface area contributed by atoms with Gasteiger partial charge in [-0.2, -0.15) is 0 Å². The Bertz CT molecular complexity index is 310. The lowest BCUT2D eigenvalue weighted by molar-refractivity contribution is -0.142. The van der Waals surface area contributed by atoms with Crippen molar-refractivity contribution in [3.05, 3.63) is 0 Å². The number of nitrogens with zero attached hydrogens (tertiary/aromatic N) is 1. The highest BCUT2D eigenvalue weighted by Gasteiger charge is 2.30. The van der Waals surface area contributed by atoms with Crippen LogP contribution in [0.25, 0.3) is 0 Å². The van der Waals surface area contributed by atoms with Crippen molar-refractivity contribution in [3.63, 3.8) is 0 Å². The molecule has 0 aromatic carbocycles. The Labute approximate surface area is 120 Å². The maximum Gasteiger partial charge on any atom is 0.326 e. The normalized spacial score (nSPS) is 19.4. The van der Waals surface area contributed by atoms with Gasteiger partial charge in [-0.15, -0.1) is 0 Å². The van der Waals surface area contributed by atoms with Gasteiger partial charge in [-0.25, -0.2) is 9.59 Å². The fraction of sp³-hybridized carbons (Fsp3) is 0.857. The van der Waals surface area contributed by atoms with E-state index in [9.17, 15) is 14.7 Å². The van der Waals surface area contributed by atoms with Crippen LogP contribution in [0.4, 0.5) is 4.79 Å². The summed E-state index contributed by atoms with van der Waals surface area (Å²) in [4.78, 5) is 24.7. The van der Waals surface area contributed by atoms with E-state index in [-0.39, 0.29) is 6.03 Å². The number of unbranched alkanes of at least 4 members (excludes halogenated alkanes) is 1. The van der Waals surface area contributed by atoms with Crippen molar-refractivity contribution in [1.29, 1.82) is 0 Å². The standard InChI is InChI=1S/C14H26N2O4/c1-2-3-10-20-11-8-15-14(19)16-9-6-4-5-7-12(16)13(17)18/h12H,2-11H2,1H3,(H,15,19)(H,17,18). The summed E-state index contributed by atoms with van der Waals surface area (Å²) in [6.45, 7) is 4.20. The molecule has 0 radical (unpaired) electrons. The number of urea groups is 1. The summed E-state index contributed by atoms with van der Waals surface area (Å²) in [6, 6.07) is -0.989. The first-order valence-corrected chi connectivity index (χ1v) is 7.51. The average Bonchev–Trinajstić information content (AvgIpc) is 2.68. The molecule has 1 atom stereocenters. The minimum atomic E-state index is -0.916. The molecule has 0 aromatic heterocycles. The predicted molar refractivity (Wildman–Crippen MR) is 75.7 cm³/mol. The molecule has 1 heterocycles. The molecule has 0 bridgehead atoms. The van der Waals surface area contributed by atoms with Gasteiger partial charge in [-0.1, -0.05) is 26.2 Å². The largest absolute Gasteiger partial charge is 0.480 e. The number of rotatable bonds is 7. The predicted octanol–water partition coefficient (Wildman–Crippen LogP) is 1.84. The van der Waals surface area contributed by atoms with E-state index in [1.807, 2.05) is 0 Å². The summed E-state index contributed by atoms with van der Waals surface area (Å²) in [6.07, 6.45) is 5.34. The Kier molecular flexibility index (Phi) is 8.02. The third-order valence-electron chi connectivity index (χ3n) is 3.46. The maximum absolute atomic E-state index is 12.1. The van der Waals surface area contributed by atoms with Crippen LogP contribution in [-0.4, -0.2) is 54.4 Å². The second-order valence-corrected chi connectivity index (χ2v) is 5.09. The summed E-state index contributed by atoms with van der Waals surface area (Å²) < 4.78 is 5.36. The molecule has 1 saturated heterocycles. The molecular formula is C14H26N2O4. The van der Waals surface area contributed by atoms with Crippen LogP contribution in [0, 0.1) is 0 Å². The third-order valence-corrected chi connectivity index (χ3v) is 3.46. The molecule has 0 saturated carbocycles. The molecule has 1 aliphatic rings. The number of hydrogen-bond donors (Lipinski definition) is 2. The number of amides is 2. The van der Waals surface area contributed by atoms with Gasteiger partial charge in [-0.05, 0) is 19.3 Å². The van der Waals surface area contributed by atoms with E-state index < -0.39 is 12.0 Å². The van der Waals surface area contributed by atoms with Gasteiger partial charge >= 0.3 is 12.0 Å². The number of carbonyl (C=O) groups excluding carboxylic acids is 1. The summed E-state index contributed by atoms with van der Waals surface area (Å²) >= 11 is 0. The van der Waals surface area contributed by atoms with Crippen LogP contribution in [0.5, 0.6) is 0 Å². The molecule has 2 N–H and O–H groups in total. The van der Waals surface area contributed by atoms with Gasteiger partial charge in [0.15, 0.2) is 0 Å². The number of aliphatic carboxylic acids is 1. The second kappa shape index (κ2) is 9.58. The Hall–Kier alpha value is -1.30. The van der Waals surface area contributed by atoms with Crippen LogP contribution >= 0.6 is 0 Å². The maximum atomic E-state index is 12.1. The van der Waals surface area contributed by atoms with Crippen LogP contribution in [0.2, 0.25) is 0 Å². The van der Waals surface area contributed by atoms with Crippen molar-refractivity contribution < 1.29 is 19.4 Å². The fourth-order valence-electron chi connectivity index (χ4n) is 2.29. The minimum Gasteiger partial charge on any atom is -0.480 e. The molecule has 2 amide bonds. The molecule has 6 nitrogen and oxygen atoms in total. The van der Waals surface area contributed by atoms with E-state index in [2.05, 4.69) is 12.2 Å². The van der Waals surface area contributed by atoms with E-state index in [4.69, 9.17) is 4.74 Å². The molecule has 6 heteroatoms. The lowest BCUT2D eigenvalue weighted by Gasteiger charge is -2.27. The Morgan fingerprint density at radius 3 is 2.80 bits per heavy atom. The first kappa shape index (κ1) is 16.8. The number of hydrogen-bond acceptors (Lipinski definition) is 3. The van der Waals surface area contributed by atoms with Crippen LogP contribution < -0.4 is 5.32 Å². The summed E-state index contributed by atoms with van der Waals surface area (Å²) in [5.74, 6) is -0.916. The van der Waals surface area contributed by atoms with Gasteiger partial charge in [0, 0.05) is 19.7 Å². The van der Waals surface area contributed by atoms with Gasteiger partial charge in [0.2, 0.25) is 0 Å². The van der Waals surface area contributed by atoms with Crippen LogP contribution in [0.1, 0.15) is 45.4 Å². The smallest absolute Gasteiger partial charge is 0.326 e. The zero-order valence-corrected chi connectivity index (χ0v) is 12.3. The number of carboxylic acids is 1. The third kappa shape index (κ3) is 5.77. The molecule has 0 aliphatic carbocycles. The number of carboxylic acid groups (broad SMARTS) is 1. The van der Waals surface area contributed by atoms with Crippen molar-refractivity contribution in [2.24, 2.45) is 0 Å². The van der Waals surface area contributed by atoms with Crippen molar-refractivity contribution in [3.8, 4) is 0 Å². The number of carbonyl (C=O) groups is 2. The monoisotopic (exact) mass is 286 g/mol. The van der Waals surface area contributed by atoms with Gasteiger partial charge in [0.05, 0.1) is 6.61 Å². The molecule has 116 valence electrons.